The van der Waals surface area contributed by atoms with E-state index >= 15 is 0 Å². The molecule has 1 aliphatic heterocycles. The normalized spacial score (nSPS) is 18.1. The van der Waals surface area contributed by atoms with E-state index in [1.165, 1.54) is 11.1 Å². The second kappa shape index (κ2) is 7.16. The number of carbonyl (C=O) groups is 2. The lowest BCUT2D eigenvalue weighted by Crippen LogP contribution is -2.45. The van der Waals surface area contributed by atoms with Crippen LogP contribution in [0.25, 0.3) is 0 Å². The molecule has 4 heteroatoms. The molecule has 0 atom stereocenters. The van der Waals surface area contributed by atoms with Crippen LogP contribution in [0.4, 0.5) is 0 Å². The van der Waals surface area contributed by atoms with Crippen LogP contribution in [0.15, 0.2) is 24.3 Å². The van der Waals surface area contributed by atoms with Gasteiger partial charge in [-0.15, -0.1) is 0 Å². The zero-order valence-electron chi connectivity index (χ0n) is 14.0. The highest BCUT2D eigenvalue weighted by Crippen LogP contribution is 2.29. The molecule has 2 fully saturated rings. The van der Waals surface area contributed by atoms with Crippen LogP contribution < -0.4 is 0 Å². The van der Waals surface area contributed by atoms with E-state index in [0.717, 1.165) is 38.6 Å². The van der Waals surface area contributed by atoms with Crippen molar-refractivity contribution in [2.24, 2.45) is 0 Å². The van der Waals surface area contributed by atoms with Crippen LogP contribution in [0, 0.1) is 0 Å². The van der Waals surface area contributed by atoms with Crippen molar-refractivity contribution in [3.05, 3.63) is 35.4 Å². The van der Waals surface area contributed by atoms with Gasteiger partial charge in [-0.2, -0.15) is 0 Å². The molecule has 2 aliphatic rings. The van der Waals surface area contributed by atoms with Crippen molar-refractivity contribution in [1.29, 1.82) is 0 Å². The number of hydrogen-bond acceptors (Lipinski definition) is 2. The first kappa shape index (κ1) is 16.0. The molecule has 1 aromatic rings. The van der Waals surface area contributed by atoms with Gasteiger partial charge in [-0.3, -0.25) is 9.59 Å². The van der Waals surface area contributed by atoms with Crippen molar-refractivity contribution in [3.8, 4) is 0 Å². The van der Waals surface area contributed by atoms with Crippen molar-refractivity contribution in [3.63, 3.8) is 0 Å². The van der Waals surface area contributed by atoms with E-state index in [0.29, 0.717) is 19.0 Å². The smallest absolute Gasteiger partial charge is 0.242 e. The number of carbonyl (C=O) groups excluding carboxylic acids is 2. The summed E-state index contributed by atoms with van der Waals surface area (Å²) in [5.41, 5.74) is 2.49. The lowest BCUT2D eigenvalue weighted by molar-refractivity contribution is -0.142. The Balaban J connectivity index is 1.63. The summed E-state index contributed by atoms with van der Waals surface area (Å²) in [7, 11) is 0. The highest BCUT2D eigenvalue weighted by Gasteiger charge is 2.34. The predicted octanol–water partition coefficient (Wildman–Crippen LogP) is 2.75. The third-order valence-electron chi connectivity index (χ3n) is 4.84. The van der Waals surface area contributed by atoms with Crippen LogP contribution in [-0.2, 0) is 22.6 Å². The van der Waals surface area contributed by atoms with Gasteiger partial charge in [0.05, 0.1) is 6.54 Å². The molecule has 1 aliphatic carbocycles. The van der Waals surface area contributed by atoms with Crippen molar-refractivity contribution in [1.82, 2.24) is 9.80 Å². The standard InChI is InChI=1S/C19H26N2O2/c1-2-15-6-8-16(9-7-15)13-21(17-10-11-17)19(23)14-20-12-4-3-5-18(20)22/h6-9,17H,2-5,10-14H2,1H3. The first-order valence-corrected chi connectivity index (χ1v) is 8.82. The van der Waals surface area contributed by atoms with Crippen LogP contribution in [0.2, 0.25) is 0 Å². The summed E-state index contributed by atoms with van der Waals surface area (Å²) >= 11 is 0. The third kappa shape index (κ3) is 4.12. The van der Waals surface area contributed by atoms with Crippen LogP contribution in [0.3, 0.4) is 0 Å². The van der Waals surface area contributed by atoms with Gasteiger partial charge in [0.2, 0.25) is 11.8 Å². The number of amides is 2. The van der Waals surface area contributed by atoms with Gasteiger partial charge in [0.1, 0.15) is 0 Å². The van der Waals surface area contributed by atoms with Crippen LogP contribution in [-0.4, -0.2) is 40.7 Å². The van der Waals surface area contributed by atoms with Gasteiger partial charge in [-0.25, -0.2) is 0 Å². The summed E-state index contributed by atoms with van der Waals surface area (Å²) in [6, 6.07) is 8.88. The largest absolute Gasteiger partial charge is 0.334 e. The Morgan fingerprint density at radius 3 is 2.48 bits per heavy atom. The van der Waals surface area contributed by atoms with Crippen molar-refractivity contribution in [2.75, 3.05) is 13.1 Å². The van der Waals surface area contributed by atoms with Crippen LogP contribution >= 0.6 is 0 Å². The molecule has 1 heterocycles. The Labute approximate surface area is 138 Å². The lowest BCUT2D eigenvalue weighted by atomic mass is 10.1. The van der Waals surface area contributed by atoms with Gasteiger partial charge in [0, 0.05) is 25.6 Å². The maximum atomic E-state index is 12.7. The number of hydrogen-bond donors (Lipinski definition) is 0. The van der Waals surface area contributed by atoms with E-state index in [-0.39, 0.29) is 18.4 Å². The SMILES string of the molecule is CCc1ccc(CN(C(=O)CN2CCCCC2=O)C2CC2)cc1. The molecule has 0 spiro atoms. The molecule has 0 unspecified atom stereocenters. The quantitative estimate of drug-likeness (QED) is 0.810. The zero-order chi connectivity index (χ0) is 16.2. The van der Waals surface area contributed by atoms with Gasteiger partial charge in [-0.1, -0.05) is 31.2 Å². The summed E-state index contributed by atoms with van der Waals surface area (Å²) in [5, 5.41) is 0. The average Bonchev–Trinajstić information content (AvgIpc) is 3.40. The number of piperidine rings is 1. The second-order valence-electron chi connectivity index (χ2n) is 6.70. The fourth-order valence-electron chi connectivity index (χ4n) is 3.17. The Hall–Kier alpha value is -1.84. The van der Waals surface area contributed by atoms with E-state index in [4.69, 9.17) is 0 Å². The number of likely N-dealkylation sites (tertiary alicyclic amines) is 1. The molecule has 1 saturated carbocycles. The zero-order valence-corrected chi connectivity index (χ0v) is 14.0. The fourth-order valence-corrected chi connectivity index (χ4v) is 3.17. The molecule has 2 amide bonds. The maximum Gasteiger partial charge on any atom is 0.242 e. The van der Waals surface area contributed by atoms with Crippen LogP contribution in [0.5, 0.6) is 0 Å². The summed E-state index contributed by atoms with van der Waals surface area (Å²) in [6.45, 7) is 3.79. The molecule has 4 nitrogen and oxygen atoms in total. The molecule has 0 aromatic heterocycles. The number of rotatable bonds is 6. The average molecular weight is 314 g/mol. The van der Waals surface area contributed by atoms with E-state index in [2.05, 4.69) is 31.2 Å². The first-order chi connectivity index (χ1) is 11.2. The molecule has 0 radical (unpaired) electrons. The number of nitrogens with zero attached hydrogens (tertiary/aromatic N) is 2. The monoisotopic (exact) mass is 314 g/mol. The highest BCUT2D eigenvalue weighted by molar-refractivity contribution is 5.85. The Bertz CT molecular complexity index is 563. The van der Waals surface area contributed by atoms with Gasteiger partial charge < -0.3 is 9.80 Å². The minimum atomic E-state index is 0.0994. The van der Waals surface area contributed by atoms with Crippen molar-refractivity contribution >= 4 is 11.8 Å². The number of benzene rings is 1. The minimum Gasteiger partial charge on any atom is -0.334 e. The summed E-state index contributed by atoms with van der Waals surface area (Å²) in [4.78, 5) is 28.3. The molecular formula is C19H26N2O2. The Kier molecular flexibility index (Phi) is 4.99. The van der Waals surface area contributed by atoms with Gasteiger partial charge in [-0.05, 0) is 43.2 Å². The molecule has 124 valence electrons. The van der Waals surface area contributed by atoms with Crippen molar-refractivity contribution < 1.29 is 9.59 Å². The molecule has 0 bridgehead atoms. The lowest BCUT2D eigenvalue weighted by Gasteiger charge is -2.30. The Morgan fingerprint density at radius 1 is 1.17 bits per heavy atom. The highest BCUT2D eigenvalue weighted by atomic mass is 16.2. The van der Waals surface area contributed by atoms with Gasteiger partial charge >= 0.3 is 0 Å². The molecule has 23 heavy (non-hydrogen) atoms. The Morgan fingerprint density at radius 2 is 1.87 bits per heavy atom. The van der Waals surface area contributed by atoms with Gasteiger partial charge in [0.15, 0.2) is 0 Å². The molecule has 3 rings (SSSR count). The summed E-state index contributed by atoms with van der Waals surface area (Å²) < 4.78 is 0. The van der Waals surface area contributed by atoms with E-state index in [1.807, 2.05) is 4.90 Å². The minimum absolute atomic E-state index is 0.0994. The van der Waals surface area contributed by atoms with E-state index in [1.54, 1.807) is 4.90 Å². The molecule has 1 aromatic carbocycles. The van der Waals surface area contributed by atoms with E-state index in [9.17, 15) is 9.59 Å². The van der Waals surface area contributed by atoms with E-state index < -0.39 is 0 Å². The first-order valence-electron chi connectivity index (χ1n) is 8.82. The summed E-state index contributed by atoms with van der Waals surface area (Å²) in [5.74, 6) is 0.231. The van der Waals surface area contributed by atoms with Gasteiger partial charge in [0.25, 0.3) is 0 Å². The topological polar surface area (TPSA) is 40.6 Å². The third-order valence-corrected chi connectivity index (χ3v) is 4.84. The predicted molar refractivity (Wildman–Crippen MR) is 89.8 cm³/mol. The number of aryl methyl sites for hydroxylation is 1. The van der Waals surface area contributed by atoms with Crippen LogP contribution in [0.1, 0.15) is 50.2 Å². The summed E-state index contributed by atoms with van der Waals surface area (Å²) in [6.07, 6.45) is 5.78. The van der Waals surface area contributed by atoms with Crippen molar-refractivity contribution in [2.45, 2.75) is 58.0 Å². The fraction of sp³-hybridized carbons (Fsp3) is 0.579. The maximum absolute atomic E-state index is 12.7. The molecular weight excluding hydrogens is 288 g/mol. The molecule has 1 saturated heterocycles. The molecule has 0 N–H and O–H groups in total. The second-order valence-corrected chi connectivity index (χ2v) is 6.70.